The molecular formula is C27H34Cl2N4O2S73. The summed E-state index contributed by atoms with van der Waals surface area (Å²) in [5, 5.41) is 1.42. The number of urea groups is 1. The standard InChI is InChI=1S/C27H34Cl2N4O2.S73/c1-18-17-33(26(21-3-7-23(28)8-4-21)22-5-9-24(29)10-6-22)19(2)16-32(18)25(34)15-20-11-13-31(14-12-20)27(30)35;1-3-5-7-9-11-13-15-17-19-21-23-25-27-29-31-33-35-37-39-41-43-45-47-49-51-53-55-57-59-61-63-65-67-69-71-73-72-70-68-66-64-62-60-58-56-54-52-50-48-46-44-42-40-38-36-34-32-30-28-26-24-22-20-18-16-14-12-10-8-6-4-2/h3-10,18-20,26H,11-17H2,1-2H3,(H2,30,35);/t18-,19+;/m0./s1. The second kappa shape index (κ2) is 90.0. The highest BCUT2D eigenvalue weighted by atomic mass is 35.5. The van der Waals surface area contributed by atoms with Gasteiger partial charge in [-0.25, -0.2) is 4.79 Å². The van der Waals surface area contributed by atoms with Crippen LogP contribution in [0, 0.1) is 5.92 Å². The summed E-state index contributed by atoms with van der Waals surface area (Å²) in [6, 6.07) is 16.0. The van der Waals surface area contributed by atoms with Crippen LogP contribution < -0.4 is 5.73 Å². The van der Waals surface area contributed by atoms with Crippen LogP contribution in [0.4, 0.5) is 4.79 Å². The molecule has 0 bridgehead atoms. The molecule has 108 heavy (non-hydrogen) atoms. The number of hydrogen-bond donors (Lipinski definition) is 1. The Morgan fingerprint density at radius 3 is 0.713 bits per heavy atom. The smallest absolute Gasteiger partial charge is 0.314 e. The van der Waals surface area contributed by atoms with E-state index in [-0.39, 0.29) is 30.1 Å². The quantitative estimate of drug-likeness (QED) is 0.457. The van der Waals surface area contributed by atoms with Crippen molar-refractivity contribution in [3.05, 3.63) is 69.7 Å². The Hall–Kier alpha value is 13.8. The number of halogens is 2. The van der Waals surface area contributed by atoms with E-state index in [1.807, 2.05) is 535 Å². The Labute approximate surface area is 848 Å². The molecule has 2 saturated heterocycles. The van der Waals surface area contributed by atoms with E-state index in [0.717, 1.165) is 30.5 Å². The lowest BCUT2D eigenvalue weighted by molar-refractivity contribution is -0.139. The molecule has 2 aliphatic rings. The van der Waals surface area contributed by atoms with Crippen LogP contribution in [0.15, 0.2) is 48.5 Å². The van der Waals surface area contributed by atoms with Gasteiger partial charge in [0.1, 0.15) is 0 Å². The third-order valence-electron chi connectivity index (χ3n) is 9.39. The number of carbonyl (C=O) groups excluding carboxylic acids is 2. The second-order valence-corrected chi connectivity index (χ2v) is 141. The number of benzene rings is 2. The molecule has 6 nitrogen and oxygen atoms in total. The van der Waals surface area contributed by atoms with Crippen molar-refractivity contribution in [1.82, 2.24) is 14.7 Å². The van der Waals surface area contributed by atoms with Crippen molar-refractivity contribution in [2.75, 3.05) is 26.2 Å². The lowest BCUT2D eigenvalue weighted by Gasteiger charge is -2.48. The monoisotopic (exact) mass is 2850 g/mol. The maximum atomic E-state index is 13.3. The number of likely N-dealkylation sites (tertiary alicyclic amines) is 1. The van der Waals surface area contributed by atoms with E-state index < -0.39 is 0 Å². The third-order valence-corrected chi connectivity index (χ3v) is 165. The molecule has 2 fully saturated rings. The Morgan fingerprint density at radius 2 is 0.528 bits per heavy atom. The molecular weight excluding hydrogens is 2820 g/mol. The maximum Gasteiger partial charge on any atom is 0.314 e. The predicted octanol–water partition coefficient (Wildman–Crippen LogP) is 5.01. The lowest BCUT2D eigenvalue weighted by atomic mass is 9.91. The van der Waals surface area contributed by atoms with Gasteiger partial charge in [0.2, 0.25) is 5.91 Å². The number of rotatable bonds is 5. The summed E-state index contributed by atoms with van der Waals surface area (Å²) in [6.45, 7) is 7.04. The first-order valence-corrected chi connectivity index (χ1v) is 121. The molecule has 0 aliphatic carbocycles. The number of nitrogens with two attached hydrogens (primary N) is 1. The average Bonchev–Trinajstić information content (AvgIpc) is 0.784. The third kappa shape index (κ3) is 71.5. The molecule has 4 rings (SSSR count). The van der Waals surface area contributed by atoms with Gasteiger partial charge in [0.05, 0.1) is 6.04 Å². The molecule has 626 valence electrons. The largest absolute Gasteiger partial charge is 0.351 e. The summed E-state index contributed by atoms with van der Waals surface area (Å²) in [6.07, 6.45) is 2.18. The molecule has 2 atom stereocenters. The Morgan fingerprint density at radius 1 is 0.333 bits per heavy atom. The van der Waals surface area contributed by atoms with Crippen molar-refractivity contribution in [3.63, 3.8) is 0 Å². The highest BCUT2D eigenvalue weighted by Crippen LogP contribution is 2.35. The van der Waals surface area contributed by atoms with Gasteiger partial charge in [0.25, 0.3) is 0 Å². The number of piperazine rings is 1. The number of nitrogens with zero attached hydrogens (tertiary/aromatic N) is 3. The molecule has 0 unspecified atom stereocenters. The lowest BCUT2D eigenvalue weighted by Crippen LogP contribution is -2.59. The van der Waals surface area contributed by atoms with Crippen LogP contribution in [0.1, 0.15) is 50.3 Å². The number of hydrogen-bond acceptors (Lipinski definition) is 5. The first-order chi connectivity index (χ1) is 53.1. The van der Waals surface area contributed by atoms with Gasteiger partial charge in [-0.2, -0.15) is 0 Å². The predicted molar refractivity (Wildman–Crippen MR) is 678 cm³/mol. The second-order valence-electron chi connectivity index (χ2n) is 14.8. The van der Waals surface area contributed by atoms with Crippen LogP contribution in [0.5, 0.6) is 0 Å². The van der Waals surface area contributed by atoms with E-state index in [4.69, 9.17) is 51.3 Å². The fourth-order valence-corrected chi connectivity index (χ4v) is 196. The van der Waals surface area contributed by atoms with Gasteiger partial charge in [-0.3, -0.25) is 9.69 Å². The SMILES string of the molecule is C[C@@H]1CN(C(=O)CC2CCN(C(N)=O)CC2)[C@@H](C)CN1C(c1ccc(Cl)cc1)c1ccc(Cl)cc1.S=S=S=S=S=S=S=S=S=S=S=S=S=S=S=S=S=S=S=S=S=S=S=S=S=S=S=S=S=S=S=S=S=S=S=S=S=S=S=S=S=S=S=S=S=S=S=S=S=S=S=S=S=S=S=S=S=S=S=S=S=S=S=S=S=S=S=S=S=S=S=S=S. The van der Waals surface area contributed by atoms with E-state index in [2.05, 4.69) is 43.0 Å². The molecule has 2 N–H and O–H groups in total. The minimum atomic E-state index is -0.371. The normalized spacial score (nSPS) is 12.4. The molecule has 2 aliphatic heterocycles. The van der Waals surface area contributed by atoms with Gasteiger partial charge in [-0.05, 0) is 68.0 Å². The molecule has 3 amide bonds. The Kier molecular flexibility index (Phi) is 96.6. The van der Waals surface area contributed by atoms with Crippen molar-refractivity contribution >= 4 is 688 Å². The summed E-state index contributed by atoms with van der Waals surface area (Å²) < 4.78 is 0. The first-order valence-electron chi connectivity index (χ1n) is 24.3. The van der Waals surface area contributed by atoms with E-state index in [1.165, 1.54) is 17.8 Å². The van der Waals surface area contributed by atoms with Crippen molar-refractivity contribution in [2.45, 2.75) is 51.2 Å². The Bertz CT molecular complexity index is 6810. The number of amides is 3. The van der Waals surface area contributed by atoms with Gasteiger partial charge in [0.15, 0.2) is 0 Å². The summed E-state index contributed by atoms with van der Waals surface area (Å²) in [4.78, 5) is 30.9. The Balaban J connectivity index is 0.000000709. The van der Waals surface area contributed by atoms with E-state index in [9.17, 15) is 9.59 Å². The molecule has 0 spiro atoms. The fraction of sp³-hybridized carbons (Fsp3) is 0.481. The molecule has 0 saturated carbocycles. The summed E-state index contributed by atoms with van der Waals surface area (Å²) in [5.74, 6) is 0.505. The average molecular weight is 2860 g/mol. The highest BCUT2D eigenvalue weighted by Gasteiger charge is 2.37. The van der Waals surface area contributed by atoms with Crippen LogP contribution >= 0.6 is 23.2 Å². The molecule has 2 heterocycles. The van der Waals surface area contributed by atoms with Crippen LogP contribution in [0.2, 0.25) is 10.0 Å². The molecule has 2 aromatic rings. The summed E-state index contributed by atoms with van der Waals surface area (Å²) in [5.41, 5.74) is 7.72. The fourth-order valence-electron chi connectivity index (χ4n) is 6.23. The molecule has 2 aromatic carbocycles. The zero-order chi connectivity index (χ0) is 77.3. The minimum absolute atomic E-state index is 0.0392. The van der Waals surface area contributed by atoms with E-state index >= 15 is 0 Å². The molecule has 81 heteroatoms. The summed E-state index contributed by atoms with van der Waals surface area (Å²) in [7, 11) is 128. The zero-order valence-electron chi connectivity index (χ0n) is 50.2. The van der Waals surface area contributed by atoms with Gasteiger partial charge < -0.3 is 15.5 Å². The van der Waals surface area contributed by atoms with Crippen molar-refractivity contribution in [3.8, 4) is 0 Å². The van der Waals surface area contributed by atoms with Crippen LogP contribution in [-0.4, -0.2) is 64.9 Å². The van der Waals surface area contributed by atoms with Gasteiger partial charge >= 0.3 is 6.03 Å². The topological polar surface area (TPSA) is 69.9 Å². The maximum absolute atomic E-state index is 13.3. The number of piperidine rings is 1. The van der Waals surface area contributed by atoms with Crippen LogP contribution in [0.3, 0.4) is 0 Å². The first kappa shape index (κ1) is 116. The summed E-state index contributed by atoms with van der Waals surface area (Å²) >= 11 is 22.0. The number of primary amides is 1. The molecule has 0 radical (unpaired) electrons. The van der Waals surface area contributed by atoms with Crippen molar-refractivity contribution in [1.29, 1.82) is 0 Å². The highest BCUT2D eigenvalue weighted by molar-refractivity contribution is 8.84. The van der Waals surface area contributed by atoms with Gasteiger partial charge in [0, 0.05) is 708 Å². The van der Waals surface area contributed by atoms with E-state index in [0.29, 0.717) is 42.0 Å². The molecule has 0 aromatic heterocycles. The van der Waals surface area contributed by atoms with Crippen molar-refractivity contribution in [2.24, 2.45) is 11.7 Å². The zero-order valence-corrected chi connectivity index (χ0v) is 111. The van der Waals surface area contributed by atoms with E-state index in [1.54, 1.807) is 111 Å². The van der Waals surface area contributed by atoms with Gasteiger partial charge in [-0.15, -0.1) is 0 Å². The van der Waals surface area contributed by atoms with Gasteiger partial charge in [-0.1, -0.05) is 47.5 Å². The van der Waals surface area contributed by atoms with Crippen molar-refractivity contribution < 1.29 is 9.59 Å². The van der Waals surface area contributed by atoms with Crippen LogP contribution in [-0.2, 0) is 658 Å². The number of carbonyl (C=O) groups is 2. The minimum Gasteiger partial charge on any atom is -0.351 e. The van der Waals surface area contributed by atoms with Crippen LogP contribution in [0.25, 0.3) is 0 Å².